The van der Waals surface area contributed by atoms with Gasteiger partial charge >= 0.3 is 0 Å². The molecule has 3 atom stereocenters. The molecule has 3 heteroatoms. The Morgan fingerprint density at radius 3 is 2.63 bits per heavy atom. The standard InChI is InChI=1S/C16H20N2O/c17-9-13-3-1-2-4-14(13)10-18-16(19)15-8-11-5-6-12(15)7-11/h1-6,11-12,15H,7-10,17H2,(H,18,19). The number of benzene rings is 1. The van der Waals surface area contributed by atoms with Crippen molar-refractivity contribution >= 4 is 5.91 Å². The molecule has 1 aromatic carbocycles. The zero-order valence-electron chi connectivity index (χ0n) is 11.0. The number of rotatable bonds is 4. The number of amides is 1. The van der Waals surface area contributed by atoms with E-state index in [0.717, 1.165) is 24.0 Å². The minimum Gasteiger partial charge on any atom is -0.352 e. The van der Waals surface area contributed by atoms with Gasteiger partial charge in [0.25, 0.3) is 0 Å². The molecule has 2 aliphatic carbocycles. The Bertz CT molecular complexity index is 509. The molecule has 0 aliphatic heterocycles. The summed E-state index contributed by atoms with van der Waals surface area (Å²) in [7, 11) is 0. The molecule has 1 saturated carbocycles. The quantitative estimate of drug-likeness (QED) is 0.809. The third kappa shape index (κ3) is 2.43. The summed E-state index contributed by atoms with van der Waals surface area (Å²) in [5, 5.41) is 3.07. The van der Waals surface area contributed by atoms with E-state index < -0.39 is 0 Å². The van der Waals surface area contributed by atoms with Gasteiger partial charge in [0.2, 0.25) is 5.91 Å². The Labute approximate surface area is 113 Å². The molecule has 2 bridgehead atoms. The molecule has 1 aromatic rings. The number of hydrogen-bond acceptors (Lipinski definition) is 2. The minimum atomic E-state index is 0.181. The van der Waals surface area contributed by atoms with Crippen LogP contribution in [0.25, 0.3) is 0 Å². The average Bonchev–Trinajstić information content (AvgIpc) is 3.07. The van der Waals surface area contributed by atoms with Crippen LogP contribution in [-0.2, 0) is 17.9 Å². The maximum Gasteiger partial charge on any atom is 0.223 e. The van der Waals surface area contributed by atoms with Crippen LogP contribution in [0, 0.1) is 17.8 Å². The monoisotopic (exact) mass is 256 g/mol. The molecule has 0 saturated heterocycles. The molecule has 3 rings (SSSR count). The van der Waals surface area contributed by atoms with Crippen molar-refractivity contribution in [1.29, 1.82) is 0 Å². The Kier molecular flexibility index (Phi) is 3.38. The lowest BCUT2D eigenvalue weighted by molar-refractivity contribution is -0.125. The van der Waals surface area contributed by atoms with Crippen molar-refractivity contribution in [2.75, 3.05) is 0 Å². The average molecular weight is 256 g/mol. The van der Waals surface area contributed by atoms with E-state index in [1.54, 1.807) is 0 Å². The summed E-state index contributed by atoms with van der Waals surface area (Å²) < 4.78 is 0. The lowest BCUT2D eigenvalue weighted by Crippen LogP contribution is -2.32. The van der Waals surface area contributed by atoms with Crippen LogP contribution in [0.1, 0.15) is 24.0 Å². The third-order valence-corrected chi connectivity index (χ3v) is 4.41. The lowest BCUT2D eigenvalue weighted by atomic mass is 9.92. The summed E-state index contributed by atoms with van der Waals surface area (Å²) in [6.45, 7) is 1.10. The molecule has 100 valence electrons. The summed E-state index contributed by atoms with van der Waals surface area (Å²) >= 11 is 0. The molecule has 19 heavy (non-hydrogen) atoms. The number of nitrogens with two attached hydrogens (primary N) is 1. The van der Waals surface area contributed by atoms with Crippen molar-refractivity contribution in [2.45, 2.75) is 25.9 Å². The van der Waals surface area contributed by atoms with E-state index in [1.807, 2.05) is 24.3 Å². The fourth-order valence-electron chi connectivity index (χ4n) is 3.32. The maximum atomic E-state index is 12.2. The minimum absolute atomic E-state index is 0.181. The highest BCUT2D eigenvalue weighted by molar-refractivity contribution is 5.80. The predicted octanol–water partition coefficient (Wildman–Crippen LogP) is 1.97. The van der Waals surface area contributed by atoms with E-state index in [1.165, 1.54) is 0 Å². The van der Waals surface area contributed by atoms with Crippen LogP contribution in [-0.4, -0.2) is 5.91 Å². The molecule has 1 amide bonds. The number of hydrogen-bond donors (Lipinski definition) is 2. The van der Waals surface area contributed by atoms with E-state index in [-0.39, 0.29) is 11.8 Å². The second-order valence-corrected chi connectivity index (χ2v) is 5.58. The SMILES string of the molecule is NCc1ccccc1CNC(=O)C1CC2C=CC1C2. The topological polar surface area (TPSA) is 55.1 Å². The molecule has 3 N–H and O–H groups in total. The number of allylic oxidation sites excluding steroid dienone is 2. The molecule has 3 unspecified atom stereocenters. The molecule has 0 radical (unpaired) electrons. The fourth-order valence-corrected chi connectivity index (χ4v) is 3.32. The smallest absolute Gasteiger partial charge is 0.223 e. The molecule has 2 aliphatic rings. The first-order valence-corrected chi connectivity index (χ1v) is 7.01. The van der Waals surface area contributed by atoms with Crippen LogP contribution < -0.4 is 11.1 Å². The van der Waals surface area contributed by atoms with Crippen molar-refractivity contribution in [3.8, 4) is 0 Å². The molecule has 3 nitrogen and oxygen atoms in total. The molecule has 1 fully saturated rings. The Balaban J connectivity index is 1.60. The van der Waals surface area contributed by atoms with Gasteiger partial charge in [0.05, 0.1) is 0 Å². The molecular formula is C16H20N2O. The van der Waals surface area contributed by atoms with E-state index in [9.17, 15) is 4.79 Å². The van der Waals surface area contributed by atoms with Gasteiger partial charge in [-0.25, -0.2) is 0 Å². The van der Waals surface area contributed by atoms with Gasteiger partial charge in [0, 0.05) is 19.0 Å². The zero-order valence-corrected chi connectivity index (χ0v) is 11.0. The first-order chi connectivity index (χ1) is 9.28. The largest absolute Gasteiger partial charge is 0.352 e. The molecule has 0 spiro atoms. The van der Waals surface area contributed by atoms with Crippen molar-refractivity contribution in [3.63, 3.8) is 0 Å². The van der Waals surface area contributed by atoms with Crippen LogP contribution in [0.4, 0.5) is 0 Å². The lowest BCUT2D eigenvalue weighted by Gasteiger charge is -2.18. The predicted molar refractivity (Wildman–Crippen MR) is 75.0 cm³/mol. The Morgan fingerprint density at radius 2 is 2.00 bits per heavy atom. The number of nitrogens with one attached hydrogen (secondary N) is 1. The third-order valence-electron chi connectivity index (χ3n) is 4.41. The summed E-state index contributed by atoms with van der Waals surface area (Å²) in [6, 6.07) is 8.01. The van der Waals surface area contributed by atoms with Crippen LogP contribution in [0.5, 0.6) is 0 Å². The van der Waals surface area contributed by atoms with Gasteiger partial charge in [-0.15, -0.1) is 0 Å². The maximum absolute atomic E-state index is 12.2. The fraction of sp³-hybridized carbons (Fsp3) is 0.438. The summed E-state index contributed by atoms with van der Waals surface area (Å²) in [5.74, 6) is 1.48. The number of carbonyl (C=O) groups is 1. The highest BCUT2D eigenvalue weighted by atomic mass is 16.1. The highest BCUT2D eigenvalue weighted by Crippen LogP contribution is 2.43. The van der Waals surface area contributed by atoms with Crippen molar-refractivity contribution < 1.29 is 4.79 Å². The summed E-state index contributed by atoms with van der Waals surface area (Å²) in [6.07, 6.45) is 6.66. The van der Waals surface area contributed by atoms with Crippen molar-refractivity contribution in [3.05, 3.63) is 47.5 Å². The second kappa shape index (κ2) is 5.17. The van der Waals surface area contributed by atoms with E-state index in [2.05, 4.69) is 17.5 Å². The zero-order chi connectivity index (χ0) is 13.2. The van der Waals surface area contributed by atoms with Crippen LogP contribution in [0.2, 0.25) is 0 Å². The van der Waals surface area contributed by atoms with Gasteiger partial charge in [0.15, 0.2) is 0 Å². The van der Waals surface area contributed by atoms with Gasteiger partial charge in [-0.05, 0) is 35.8 Å². The van der Waals surface area contributed by atoms with Crippen molar-refractivity contribution in [1.82, 2.24) is 5.32 Å². The number of carbonyl (C=O) groups excluding carboxylic acids is 1. The van der Waals surface area contributed by atoms with Gasteiger partial charge < -0.3 is 11.1 Å². The first kappa shape index (κ1) is 12.4. The van der Waals surface area contributed by atoms with Crippen LogP contribution in [0.15, 0.2) is 36.4 Å². The van der Waals surface area contributed by atoms with Gasteiger partial charge in [0.1, 0.15) is 0 Å². The van der Waals surface area contributed by atoms with Crippen LogP contribution in [0.3, 0.4) is 0 Å². The summed E-state index contributed by atoms with van der Waals surface area (Å²) in [5.41, 5.74) is 7.94. The van der Waals surface area contributed by atoms with Gasteiger partial charge in [-0.3, -0.25) is 4.79 Å². The second-order valence-electron chi connectivity index (χ2n) is 5.58. The van der Waals surface area contributed by atoms with Crippen LogP contribution >= 0.6 is 0 Å². The molecule has 0 aromatic heterocycles. The Hall–Kier alpha value is -1.61. The van der Waals surface area contributed by atoms with Crippen molar-refractivity contribution in [2.24, 2.45) is 23.5 Å². The van der Waals surface area contributed by atoms with E-state index in [4.69, 9.17) is 5.73 Å². The number of fused-ring (bicyclic) bond motifs is 2. The first-order valence-electron chi connectivity index (χ1n) is 7.01. The molecule has 0 heterocycles. The van der Waals surface area contributed by atoms with E-state index in [0.29, 0.717) is 24.9 Å². The van der Waals surface area contributed by atoms with E-state index >= 15 is 0 Å². The normalized spacial score (nSPS) is 27.7. The summed E-state index contributed by atoms with van der Waals surface area (Å²) in [4.78, 5) is 12.2. The Morgan fingerprint density at radius 1 is 1.21 bits per heavy atom. The molecular weight excluding hydrogens is 236 g/mol. The highest BCUT2D eigenvalue weighted by Gasteiger charge is 2.39. The van der Waals surface area contributed by atoms with Gasteiger partial charge in [-0.2, -0.15) is 0 Å². The van der Waals surface area contributed by atoms with Gasteiger partial charge in [-0.1, -0.05) is 36.4 Å².